The van der Waals surface area contributed by atoms with Crippen LogP contribution in [0.1, 0.15) is 43.0 Å². The Balaban J connectivity index is 2.13. The van der Waals surface area contributed by atoms with Crippen LogP contribution in [0.25, 0.3) is 0 Å². The van der Waals surface area contributed by atoms with E-state index < -0.39 is 17.9 Å². The van der Waals surface area contributed by atoms with Gasteiger partial charge in [0.1, 0.15) is 6.04 Å². The van der Waals surface area contributed by atoms with Gasteiger partial charge in [-0.05, 0) is 24.6 Å². The summed E-state index contributed by atoms with van der Waals surface area (Å²) in [5, 5.41) is 14.5. The SMILES string of the molecule is CCCCC(NC(=O)c1ccc2c(c1)NC(=O)CCS2)C(=O)O. The third kappa shape index (κ3) is 4.72. The fourth-order valence-electron chi connectivity index (χ4n) is 2.27. The van der Waals surface area contributed by atoms with Gasteiger partial charge >= 0.3 is 5.97 Å². The first-order valence-electron chi connectivity index (χ1n) is 7.61. The zero-order valence-electron chi connectivity index (χ0n) is 12.9. The van der Waals surface area contributed by atoms with Crippen molar-refractivity contribution in [2.24, 2.45) is 0 Å². The molecule has 2 amide bonds. The Morgan fingerprint density at radius 1 is 1.43 bits per heavy atom. The molecule has 0 saturated carbocycles. The molecule has 124 valence electrons. The third-order valence-electron chi connectivity index (χ3n) is 3.55. The van der Waals surface area contributed by atoms with Crippen LogP contribution in [0.5, 0.6) is 0 Å². The molecule has 0 radical (unpaired) electrons. The van der Waals surface area contributed by atoms with Crippen LogP contribution in [-0.2, 0) is 9.59 Å². The lowest BCUT2D eigenvalue weighted by molar-refractivity contribution is -0.139. The van der Waals surface area contributed by atoms with Crippen molar-refractivity contribution >= 4 is 35.2 Å². The van der Waals surface area contributed by atoms with Gasteiger partial charge in [-0.3, -0.25) is 9.59 Å². The number of carboxylic acid groups (broad SMARTS) is 1. The van der Waals surface area contributed by atoms with E-state index >= 15 is 0 Å². The van der Waals surface area contributed by atoms with E-state index in [1.807, 2.05) is 6.92 Å². The highest BCUT2D eigenvalue weighted by Crippen LogP contribution is 2.31. The van der Waals surface area contributed by atoms with Crippen LogP contribution in [0, 0.1) is 0 Å². The van der Waals surface area contributed by atoms with E-state index in [-0.39, 0.29) is 5.91 Å². The molecular formula is C16H20N2O4S. The molecule has 1 aromatic rings. The highest BCUT2D eigenvalue weighted by atomic mass is 32.2. The quantitative estimate of drug-likeness (QED) is 0.742. The fourth-order valence-corrected chi connectivity index (χ4v) is 3.21. The number of thioether (sulfide) groups is 1. The summed E-state index contributed by atoms with van der Waals surface area (Å²) >= 11 is 1.55. The van der Waals surface area contributed by atoms with E-state index in [0.29, 0.717) is 29.8 Å². The summed E-state index contributed by atoms with van der Waals surface area (Å²) < 4.78 is 0. The second kappa shape index (κ2) is 8.01. The number of carboxylic acids is 1. The molecule has 0 aliphatic carbocycles. The molecule has 0 spiro atoms. The molecule has 0 bridgehead atoms. The van der Waals surface area contributed by atoms with Gasteiger partial charge < -0.3 is 15.7 Å². The van der Waals surface area contributed by atoms with Crippen molar-refractivity contribution in [3.05, 3.63) is 23.8 Å². The molecule has 0 aromatic heterocycles. The molecule has 0 saturated heterocycles. The van der Waals surface area contributed by atoms with E-state index in [9.17, 15) is 19.5 Å². The van der Waals surface area contributed by atoms with E-state index in [0.717, 1.165) is 17.7 Å². The van der Waals surface area contributed by atoms with Crippen LogP contribution < -0.4 is 10.6 Å². The number of unbranched alkanes of at least 4 members (excludes halogenated alkanes) is 1. The molecule has 3 N–H and O–H groups in total. The fraction of sp³-hybridized carbons (Fsp3) is 0.438. The number of rotatable bonds is 6. The second-order valence-corrected chi connectivity index (χ2v) is 6.50. The smallest absolute Gasteiger partial charge is 0.326 e. The molecule has 1 atom stereocenters. The Labute approximate surface area is 139 Å². The first-order chi connectivity index (χ1) is 11.0. The van der Waals surface area contributed by atoms with Gasteiger partial charge in [0.05, 0.1) is 5.69 Å². The van der Waals surface area contributed by atoms with Crippen LogP contribution in [-0.4, -0.2) is 34.7 Å². The number of anilines is 1. The van der Waals surface area contributed by atoms with Crippen molar-refractivity contribution < 1.29 is 19.5 Å². The lowest BCUT2D eigenvalue weighted by atomic mass is 10.1. The topological polar surface area (TPSA) is 95.5 Å². The van der Waals surface area contributed by atoms with Gasteiger partial charge in [0.25, 0.3) is 5.91 Å². The molecular weight excluding hydrogens is 316 g/mol. The molecule has 6 nitrogen and oxygen atoms in total. The summed E-state index contributed by atoms with van der Waals surface area (Å²) in [5.74, 6) is -0.868. The highest BCUT2D eigenvalue weighted by molar-refractivity contribution is 7.99. The average molecular weight is 336 g/mol. The lowest BCUT2D eigenvalue weighted by Crippen LogP contribution is -2.40. The van der Waals surface area contributed by atoms with Crippen molar-refractivity contribution in [2.45, 2.75) is 43.5 Å². The van der Waals surface area contributed by atoms with Gasteiger partial charge in [0.15, 0.2) is 0 Å². The van der Waals surface area contributed by atoms with Crippen LogP contribution >= 0.6 is 11.8 Å². The van der Waals surface area contributed by atoms with Crippen molar-refractivity contribution in [1.29, 1.82) is 0 Å². The van der Waals surface area contributed by atoms with Crippen molar-refractivity contribution in [3.63, 3.8) is 0 Å². The van der Waals surface area contributed by atoms with E-state index in [1.165, 1.54) is 0 Å². The molecule has 1 aliphatic heterocycles. The maximum absolute atomic E-state index is 12.3. The number of carbonyl (C=O) groups is 3. The van der Waals surface area contributed by atoms with Crippen molar-refractivity contribution in [3.8, 4) is 0 Å². The number of carbonyl (C=O) groups excluding carboxylic acids is 2. The number of hydrogen-bond donors (Lipinski definition) is 3. The molecule has 0 fully saturated rings. The number of aliphatic carboxylic acids is 1. The highest BCUT2D eigenvalue weighted by Gasteiger charge is 2.21. The van der Waals surface area contributed by atoms with Crippen LogP contribution in [0.2, 0.25) is 0 Å². The van der Waals surface area contributed by atoms with Gasteiger partial charge in [-0.1, -0.05) is 19.8 Å². The average Bonchev–Trinajstić information content (AvgIpc) is 2.70. The molecule has 1 aromatic carbocycles. The van der Waals surface area contributed by atoms with Gasteiger partial charge in [0, 0.05) is 22.6 Å². The number of fused-ring (bicyclic) bond motifs is 1. The van der Waals surface area contributed by atoms with E-state index in [1.54, 1.807) is 30.0 Å². The predicted octanol–water partition coefficient (Wildman–Crippen LogP) is 2.49. The number of amides is 2. The van der Waals surface area contributed by atoms with Gasteiger partial charge in [-0.15, -0.1) is 11.8 Å². The zero-order valence-corrected chi connectivity index (χ0v) is 13.7. The Bertz CT molecular complexity index is 618. The van der Waals surface area contributed by atoms with E-state index in [2.05, 4.69) is 10.6 Å². The summed E-state index contributed by atoms with van der Waals surface area (Å²) in [7, 11) is 0. The summed E-state index contributed by atoms with van der Waals surface area (Å²) in [6.45, 7) is 1.97. The Morgan fingerprint density at radius 3 is 2.91 bits per heavy atom. The van der Waals surface area contributed by atoms with Crippen LogP contribution in [0.15, 0.2) is 23.1 Å². The molecule has 1 unspecified atom stereocenters. The van der Waals surface area contributed by atoms with E-state index in [4.69, 9.17) is 0 Å². The first-order valence-corrected chi connectivity index (χ1v) is 8.60. The predicted molar refractivity (Wildman–Crippen MR) is 88.8 cm³/mol. The minimum atomic E-state index is -1.04. The molecule has 2 rings (SSSR count). The van der Waals surface area contributed by atoms with Gasteiger partial charge in [-0.25, -0.2) is 4.79 Å². The zero-order chi connectivity index (χ0) is 16.8. The Morgan fingerprint density at radius 2 is 2.22 bits per heavy atom. The number of hydrogen-bond acceptors (Lipinski definition) is 4. The largest absolute Gasteiger partial charge is 0.480 e. The van der Waals surface area contributed by atoms with Crippen LogP contribution in [0.3, 0.4) is 0 Å². The number of benzene rings is 1. The summed E-state index contributed by atoms with van der Waals surface area (Å²) in [4.78, 5) is 36.0. The lowest BCUT2D eigenvalue weighted by Gasteiger charge is -2.15. The molecule has 23 heavy (non-hydrogen) atoms. The third-order valence-corrected chi connectivity index (χ3v) is 4.63. The van der Waals surface area contributed by atoms with Crippen LogP contribution in [0.4, 0.5) is 5.69 Å². The summed E-state index contributed by atoms with van der Waals surface area (Å²) in [6, 6.07) is 4.13. The summed E-state index contributed by atoms with van der Waals surface area (Å²) in [6.07, 6.45) is 2.42. The molecule has 1 aliphatic rings. The second-order valence-electron chi connectivity index (χ2n) is 5.36. The maximum atomic E-state index is 12.3. The van der Waals surface area contributed by atoms with Crippen molar-refractivity contribution in [1.82, 2.24) is 5.32 Å². The van der Waals surface area contributed by atoms with Crippen molar-refractivity contribution in [2.75, 3.05) is 11.1 Å². The minimum absolute atomic E-state index is 0.0832. The maximum Gasteiger partial charge on any atom is 0.326 e. The monoisotopic (exact) mass is 336 g/mol. The first kappa shape index (κ1) is 17.3. The number of nitrogens with one attached hydrogen (secondary N) is 2. The normalized spacial score (nSPS) is 15.1. The Hall–Kier alpha value is -2.02. The minimum Gasteiger partial charge on any atom is -0.480 e. The Kier molecular flexibility index (Phi) is 6.04. The standard InChI is InChI=1S/C16H20N2O4S/c1-2-3-4-11(16(21)22)18-15(20)10-5-6-13-12(9-10)17-14(19)7-8-23-13/h5-6,9,11H,2-4,7-8H2,1H3,(H,17,19)(H,18,20)(H,21,22). The van der Waals surface area contributed by atoms with Gasteiger partial charge in [-0.2, -0.15) is 0 Å². The molecule has 1 heterocycles. The van der Waals surface area contributed by atoms with Gasteiger partial charge in [0.2, 0.25) is 5.91 Å². The molecule has 7 heteroatoms. The summed E-state index contributed by atoms with van der Waals surface area (Å²) in [5.41, 5.74) is 0.944.